The normalized spacial score (nSPS) is 15.3. The lowest BCUT2D eigenvalue weighted by Crippen LogP contribution is -2.13. The maximum atomic E-state index is 5.56. The number of hydrogen-bond donors (Lipinski definition) is 1. The molecule has 1 aromatic carbocycles. The molecule has 0 aromatic heterocycles. The van der Waals surface area contributed by atoms with Gasteiger partial charge in [0.15, 0.2) is 0 Å². The average molecular weight is 200 g/mol. The number of likely N-dealkylation sites (N-methyl/N-ethyl adjacent to an activating group) is 1. The Morgan fingerprint density at radius 1 is 1.27 bits per heavy atom. The molecule has 1 aromatic rings. The number of hydrogen-bond acceptors (Lipinski definition) is 2. The van der Waals surface area contributed by atoms with E-state index in [1.807, 2.05) is 0 Å². The summed E-state index contributed by atoms with van der Waals surface area (Å²) in [6, 6.07) is 8.43. The van der Waals surface area contributed by atoms with Crippen molar-refractivity contribution in [2.75, 3.05) is 13.6 Å². The number of rotatable bonds is 2. The fourth-order valence-corrected chi connectivity index (χ4v) is 1.63. The third-order valence-corrected chi connectivity index (χ3v) is 2.63. The second kappa shape index (κ2) is 4.32. The molecule has 0 aliphatic carbocycles. The first kappa shape index (κ1) is 9.99. The molecule has 0 bridgehead atoms. The lowest BCUT2D eigenvalue weighted by atomic mass is 10.0. The summed E-state index contributed by atoms with van der Waals surface area (Å²) in [5, 5.41) is 0. The van der Waals surface area contributed by atoms with E-state index < -0.39 is 0 Å². The Morgan fingerprint density at radius 2 is 2.00 bits per heavy atom. The van der Waals surface area contributed by atoms with E-state index >= 15 is 0 Å². The maximum absolute atomic E-state index is 5.56. The van der Waals surface area contributed by atoms with E-state index in [0.29, 0.717) is 6.54 Å². The van der Waals surface area contributed by atoms with Crippen LogP contribution in [0.4, 0.5) is 0 Å². The lowest BCUT2D eigenvalue weighted by molar-refractivity contribution is 0.506. The van der Waals surface area contributed by atoms with Crippen molar-refractivity contribution in [3.63, 3.8) is 0 Å². The SMILES string of the molecule is CN1C=CC(c2ccc(CN)cc2)=CC1. The quantitative estimate of drug-likeness (QED) is 0.791. The van der Waals surface area contributed by atoms with E-state index in [4.69, 9.17) is 5.73 Å². The standard InChI is InChI=1S/C13H16N2/c1-15-8-6-13(7-9-15)12-4-2-11(10-14)3-5-12/h2-8H,9-10,14H2,1H3. The van der Waals surface area contributed by atoms with Crippen LogP contribution in [0.15, 0.2) is 42.6 Å². The van der Waals surface area contributed by atoms with Crippen LogP contribution < -0.4 is 5.73 Å². The van der Waals surface area contributed by atoms with Crippen molar-refractivity contribution in [3.05, 3.63) is 53.7 Å². The van der Waals surface area contributed by atoms with Gasteiger partial charge in [-0.3, -0.25) is 0 Å². The molecule has 1 aliphatic heterocycles. The van der Waals surface area contributed by atoms with Gasteiger partial charge in [-0.05, 0) is 29.0 Å². The van der Waals surface area contributed by atoms with Gasteiger partial charge in [0.25, 0.3) is 0 Å². The van der Waals surface area contributed by atoms with Gasteiger partial charge in [-0.1, -0.05) is 30.3 Å². The molecule has 0 amide bonds. The molecule has 0 unspecified atom stereocenters. The Balaban J connectivity index is 2.20. The van der Waals surface area contributed by atoms with Gasteiger partial charge in [-0.15, -0.1) is 0 Å². The van der Waals surface area contributed by atoms with Crippen LogP contribution in [0.3, 0.4) is 0 Å². The van der Waals surface area contributed by atoms with Crippen molar-refractivity contribution in [2.45, 2.75) is 6.54 Å². The van der Waals surface area contributed by atoms with Crippen molar-refractivity contribution in [2.24, 2.45) is 5.73 Å². The van der Waals surface area contributed by atoms with Gasteiger partial charge in [0.05, 0.1) is 0 Å². The number of nitrogens with two attached hydrogens (primary N) is 1. The summed E-state index contributed by atoms with van der Waals surface area (Å²) in [5.41, 5.74) is 9.29. The van der Waals surface area contributed by atoms with Gasteiger partial charge in [-0.25, -0.2) is 0 Å². The predicted molar refractivity (Wildman–Crippen MR) is 64.1 cm³/mol. The van der Waals surface area contributed by atoms with Gasteiger partial charge in [0, 0.05) is 20.1 Å². The van der Waals surface area contributed by atoms with E-state index in [1.165, 1.54) is 16.7 Å². The molecule has 0 saturated heterocycles. The topological polar surface area (TPSA) is 29.3 Å². The smallest absolute Gasteiger partial charge is 0.0359 e. The number of benzene rings is 1. The first-order valence-corrected chi connectivity index (χ1v) is 5.17. The van der Waals surface area contributed by atoms with E-state index in [2.05, 4.69) is 54.6 Å². The number of nitrogens with zero attached hydrogens (tertiary/aromatic N) is 1. The Hall–Kier alpha value is -1.54. The van der Waals surface area contributed by atoms with Crippen molar-refractivity contribution in [1.82, 2.24) is 4.90 Å². The van der Waals surface area contributed by atoms with Gasteiger partial charge in [0.2, 0.25) is 0 Å². The van der Waals surface area contributed by atoms with Crippen LogP contribution >= 0.6 is 0 Å². The molecular weight excluding hydrogens is 184 g/mol. The molecule has 0 atom stereocenters. The largest absolute Gasteiger partial charge is 0.377 e. The minimum atomic E-state index is 0.609. The average Bonchev–Trinajstić information content (AvgIpc) is 2.30. The van der Waals surface area contributed by atoms with Crippen LogP contribution in [-0.4, -0.2) is 18.5 Å². The van der Waals surface area contributed by atoms with Crippen molar-refractivity contribution < 1.29 is 0 Å². The van der Waals surface area contributed by atoms with E-state index in [-0.39, 0.29) is 0 Å². The summed E-state index contributed by atoms with van der Waals surface area (Å²) < 4.78 is 0. The van der Waals surface area contributed by atoms with E-state index in [1.54, 1.807) is 0 Å². The molecule has 78 valence electrons. The highest BCUT2D eigenvalue weighted by atomic mass is 15.1. The Bertz CT molecular complexity index is 388. The molecule has 0 saturated carbocycles. The van der Waals surface area contributed by atoms with Crippen LogP contribution in [0.25, 0.3) is 5.57 Å². The van der Waals surface area contributed by atoms with Crippen LogP contribution in [-0.2, 0) is 6.54 Å². The van der Waals surface area contributed by atoms with Crippen molar-refractivity contribution in [3.8, 4) is 0 Å². The Morgan fingerprint density at radius 3 is 2.53 bits per heavy atom. The van der Waals surface area contributed by atoms with Gasteiger partial charge >= 0.3 is 0 Å². The summed E-state index contributed by atoms with van der Waals surface area (Å²) in [4.78, 5) is 2.15. The van der Waals surface area contributed by atoms with E-state index in [9.17, 15) is 0 Å². The molecule has 2 heteroatoms. The lowest BCUT2D eigenvalue weighted by Gasteiger charge is -2.17. The van der Waals surface area contributed by atoms with Crippen molar-refractivity contribution in [1.29, 1.82) is 0 Å². The van der Waals surface area contributed by atoms with Gasteiger partial charge in [0.1, 0.15) is 0 Å². The third-order valence-electron chi connectivity index (χ3n) is 2.63. The third kappa shape index (κ3) is 2.28. The Labute approximate surface area is 90.7 Å². The molecule has 0 radical (unpaired) electrons. The molecule has 15 heavy (non-hydrogen) atoms. The fraction of sp³-hybridized carbons (Fsp3) is 0.231. The number of allylic oxidation sites excluding steroid dienone is 2. The molecule has 2 nitrogen and oxygen atoms in total. The summed E-state index contributed by atoms with van der Waals surface area (Å²) >= 11 is 0. The molecule has 0 spiro atoms. The second-order valence-electron chi connectivity index (χ2n) is 3.82. The highest BCUT2D eigenvalue weighted by Crippen LogP contribution is 2.19. The zero-order chi connectivity index (χ0) is 10.7. The predicted octanol–water partition coefficient (Wildman–Crippen LogP) is 1.99. The molecule has 1 heterocycles. The molecule has 2 N–H and O–H groups in total. The molecule has 1 aliphatic rings. The zero-order valence-electron chi connectivity index (χ0n) is 8.98. The van der Waals surface area contributed by atoms with E-state index in [0.717, 1.165) is 6.54 Å². The minimum Gasteiger partial charge on any atom is -0.377 e. The fourth-order valence-electron chi connectivity index (χ4n) is 1.63. The summed E-state index contributed by atoms with van der Waals surface area (Å²) in [6.45, 7) is 1.59. The second-order valence-corrected chi connectivity index (χ2v) is 3.82. The van der Waals surface area contributed by atoms with Crippen molar-refractivity contribution >= 4 is 5.57 Å². The molecule has 2 rings (SSSR count). The summed E-state index contributed by atoms with van der Waals surface area (Å²) in [5.74, 6) is 0. The van der Waals surface area contributed by atoms with Crippen LogP contribution in [0, 0.1) is 0 Å². The van der Waals surface area contributed by atoms with Gasteiger partial charge in [-0.2, -0.15) is 0 Å². The van der Waals surface area contributed by atoms with Crippen LogP contribution in [0.2, 0.25) is 0 Å². The highest BCUT2D eigenvalue weighted by molar-refractivity contribution is 5.74. The van der Waals surface area contributed by atoms with Crippen LogP contribution in [0.5, 0.6) is 0 Å². The summed E-state index contributed by atoms with van der Waals surface area (Å²) in [6.07, 6.45) is 6.48. The van der Waals surface area contributed by atoms with Crippen LogP contribution in [0.1, 0.15) is 11.1 Å². The van der Waals surface area contributed by atoms with Gasteiger partial charge < -0.3 is 10.6 Å². The maximum Gasteiger partial charge on any atom is 0.0359 e. The molecular formula is C13H16N2. The molecule has 0 fully saturated rings. The summed E-state index contributed by atoms with van der Waals surface area (Å²) in [7, 11) is 2.07. The highest BCUT2D eigenvalue weighted by Gasteiger charge is 2.02. The first-order valence-electron chi connectivity index (χ1n) is 5.17. The first-order chi connectivity index (χ1) is 7.29. The minimum absolute atomic E-state index is 0.609. The Kier molecular flexibility index (Phi) is 2.88. The zero-order valence-corrected chi connectivity index (χ0v) is 8.98. The monoisotopic (exact) mass is 200 g/mol.